The number of halogens is 2. The van der Waals surface area contributed by atoms with Crippen molar-refractivity contribution in [3.05, 3.63) is 34.1 Å². The van der Waals surface area contributed by atoms with Crippen molar-refractivity contribution in [1.82, 2.24) is 5.32 Å². The molecule has 1 heterocycles. The van der Waals surface area contributed by atoms with Crippen LogP contribution in [0.5, 0.6) is 0 Å². The highest BCUT2D eigenvalue weighted by Gasteiger charge is 2.17. The van der Waals surface area contributed by atoms with Crippen LogP contribution in [0.3, 0.4) is 0 Å². The van der Waals surface area contributed by atoms with Gasteiger partial charge in [0.15, 0.2) is 0 Å². The molecule has 0 aliphatic carbocycles. The molecular formula is C15H21BrFNO. The van der Waals surface area contributed by atoms with Gasteiger partial charge >= 0.3 is 0 Å². The van der Waals surface area contributed by atoms with Crippen molar-refractivity contribution >= 4 is 15.9 Å². The Morgan fingerprint density at radius 1 is 1.53 bits per heavy atom. The molecule has 0 amide bonds. The molecule has 106 valence electrons. The van der Waals surface area contributed by atoms with Crippen molar-refractivity contribution in [2.24, 2.45) is 0 Å². The first kappa shape index (κ1) is 14.9. The summed E-state index contributed by atoms with van der Waals surface area (Å²) in [6, 6.07) is 5.66. The largest absolute Gasteiger partial charge is 0.378 e. The lowest BCUT2D eigenvalue weighted by Crippen LogP contribution is -2.28. The van der Waals surface area contributed by atoms with Crippen LogP contribution in [0, 0.1) is 5.82 Å². The van der Waals surface area contributed by atoms with Gasteiger partial charge in [0, 0.05) is 12.6 Å². The molecule has 2 atom stereocenters. The summed E-state index contributed by atoms with van der Waals surface area (Å²) < 4.78 is 19.4. The monoisotopic (exact) mass is 329 g/mol. The van der Waals surface area contributed by atoms with E-state index in [0.29, 0.717) is 16.6 Å². The Morgan fingerprint density at radius 3 is 3.00 bits per heavy atom. The highest BCUT2D eigenvalue weighted by molar-refractivity contribution is 9.10. The minimum Gasteiger partial charge on any atom is -0.378 e. The summed E-state index contributed by atoms with van der Waals surface area (Å²) in [4.78, 5) is 0. The maximum Gasteiger partial charge on any atom is 0.137 e. The Balaban J connectivity index is 1.85. The van der Waals surface area contributed by atoms with Gasteiger partial charge in [-0.2, -0.15) is 0 Å². The predicted octanol–water partition coefficient (Wildman–Crippen LogP) is 3.68. The van der Waals surface area contributed by atoms with E-state index in [9.17, 15) is 4.39 Å². The average Bonchev–Trinajstić information content (AvgIpc) is 2.92. The van der Waals surface area contributed by atoms with Crippen LogP contribution >= 0.6 is 15.9 Å². The summed E-state index contributed by atoms with van der Waals surface area (Å²) in [7, 11) is 1.98. The van der Waals surface area contributed by atoms with E-state index < -0.39 is 0 Å². The van der Waals surface area contributed by atoms with E-state index in [4.69, 9.17) is 4.74 Å². The van der Waals surface area contributed by atoms with Crippen molar-refractivity contribution in [1.29, 1.82) is 0 Å². The summed E-state index contributed by atoms with van der Waals surface area (Å²) in [6.07, 6.45) is 5.94. The predicted molar refractivity (Wildman–Crippen MR) is 78.9 cm³/mol. The van der Waals surface area contributed by atoms with E-state index in [1.807, 2.05) is 19.2 Å². The van der Waals surface area contributed by atoms with Crippen LogP contribution in [0.15, 0.2) is 22.7 Å². The Hall–Kier alpha value is -0.450. The molecule has 19 heavy (non-hydrogen) atoms. The fourth-order valence-corrected chi connectivity index (χ4v) is 2.98. The van der Waals surface area contributed by atoms with Crippen molar-refractivity contribution in [2.75, 3.05) is 13.7 Å². The molecule has 2 unspecified atom stereocenters. The van der Waals surface area contributed by atoms with Crippen molar-refractivity contribution in [3.63, 3.8) is 0 Å². The summed E-state index contributed by atoms with van der Waals surface area (Å²) in [5, 5.41) is 3.34. The first-order valence-electron chi connectivity index (χ1n) is 6.92. The van der Waals surface area contributed by atoms with Crippen LogP contribution in [-0.4, -0.2) is 25.8 Å². The van der Waals surface area contributed by atoms with Gasteiger partial charge in [0.05, 0.1) is 10.6 Å². The zero-order valence-electron chi connectivity index (χ0n) is 11.3. The van der Waals surface area contributed by atoms with Crippen LogP contribution < -0.4 is 5.32 Å². The second-order valence-electron chi connectivity index (χ2n) is 5.15. The molecule has 1 aliphatic rings. The molecule has 0 aromatic heterocycles. The molecule has 1 fully saturated rings. The molecule has 1 N–H and O–H groups in total. The molecule has 0 bridgehead atoms. The Labute approximate surface area is 122 Å². The van der Waals surface area contributed by atoms with Gasteiger partial charge in [-0.15, -0.1) is 0 Å². The molecule has 1 aromatic carbocycles. The lowest BCUT2D eigenvalue weighted by molar-refractivity contribution is 0.0998. The third-order valence-corrected chi connectivity index (χ3v) is 4.34. The molecule has 4 heteroatoms. The van der Waals surface area contributed by atoms with E-state index in [1.165, 1.54) is 18.9 Å². The Morgan fingerprint density at radius 2 is 2.37 bits per heavy atom. The molecule has 1 saturated heterocycles. The summed E-state index contributed by atoms with van der Waals surface area (Å²) in [6.45, 7) is 0.916. The maximum absolute atomic E-state index is 13.2. The Bertz CT molecular complexity index is 407. The van der Waals surface area contributed by atoms with Gasteiger partial charge in [-0.1, -0.05) is 6.07 Å². The van der Waals surface area contributed by atoms with Crippen molar-refractivity contribution in [2.45, 2.75) is 44.2 Å². The van der Waals surface area contributed by atoms with E-state index in [-0.39, 0.29) is 5.82 Å². The highest BCUT2D eigenvalue weighted by atomic mass is 79.9. The number of nitrogens with one attached hydrogen (secondary N) is 1. The third kappa shape index (κ3) is 4.55. The number of likely N-dealkylation sites (N-methyl/N-ethyl adjacent to an activating group) is 1. The molecule has 1 aromatic rings. The minimum atomic E-state index is -0.205. The van der Waals surface area contributed by atoms with Crippen molar-refractivity contribution in [3.8, 4) is 0 Å². The summed E-state index contributed by atoms with van der Waals surface area (Å²) in [5.74, 6) is -0.205. The quantitative estimate of drug-likeness (QED) is 0.859. The third-order valence-electron chi connectivity index (χ3n) is 3.74. The van der Waals surface area contributed by atoms with Crippen molar-refractivity contribution < 1.29 is 9.13 Å². The summed E-state index contributed by atoms with van der Waals surface area (Å²) >= 11 is 3.24. The number of hydrogen-bond donors (Lipinski definition) is 1. The second-order valence-corrected chi connectivity index (χ2v) is 6.00. The molecule has 2 nitrogen and oxygen atoms in total. The minimum absolute atomic E-state index is 0.205. The van der Waals surface area contributed by atoms with Gasteiger partial charge in [0.1, 0.15) is 5.82 Å². The maximum atomic E-state index is 13.2. The van der Waals surface area contributed by atoms with Gasteiger partial charge < -0.3 is 10.1 Å². The van der Waals surface area contributed by atoms with Gasteiger partial charge in [0.25, 0.3) is 0 Å². The zero-order valence-corrected chi connectivity index (χ0v) is 12.9. The van der Waals surface area contributed by atoms with E-state index >= 15 is 0 Å². The number of ether oxygens (including phenoxy) is 1. The highest BCUT2D eigenvalue weighted by Crippen LogP contribution is 2.21. The standard InChI is InChI=1S/C15H21BrFNO/c1-18-12(5-6-13-3-2-8-19-13)9-11-4-7-15(17)14(16)10-11/h4,7,10,12-13,18H,2-3,5-6,8-9H2,1H3. The normalized spacial score (nSPS) is 20.7. The van der Waals surface area contributed by atoms with Gasteiger partial charge in [-0.25, -0.2) is 4.39 Å². The second kappa shape index (κ2) is 7.36. The molecular weight excluding hydrogens is 309 g/mol. The topological polar surface area (TPSA) is 21.3 Å². The van der Waals surface area contributed by atoms with Gasteiger partial charge in [-0.3, -0.25) is 0 Å². The molecule has 0 radical (unpaired) electrons. The smallest absolute Gasteiger partial charge is 0.137 e. The number of hydrogen-bond acceptors (Lipinski definition) is 2. The lowest BCUT2D eigenvalue weighted by Gasteiger charge is -2.18. The van der Waals surface area contributed by atoms with Gasteiger partial charge in [0.2, 0.25) is 0 Å². The van der Waals surface area contributed by atoms with Crippen LogP contribution in [0.25, 0.3) is 0 Å². The van der Waals surface area contributed by atoms with Crippen LogP contribution in [-0.2, 0) is 11.2 Å². The fourth-order valence-electron chi connectivity index (χ4n) is 2.56. The molecule has 1 aliphatic heterocycles. The van der Waals surface area contributed by atoms with E-state index in [0.717, 1.165) is 31.4 Å². The van der Waals surface area contributed by atoms with E-state index in [2.05, 4.69) is 21.2 Å². The van der Waals surface area contributed by atoms with Crippen LogP contribution in [0.4, 0.5) is 4.39 Å². The van der Waals surface area contributed by atoms with Crippen LogP contribution in [0.1, 0.15) is 31.2 Å². The summed E-state index contributed by atoms with van der Waals surface area (Å²) in [5.41, 5.74) is 1.15. The molecule has 2 rings (SSSR count). The number of benzene rings is 1. The zero-order chi connectivity index (χ0) is 13.7. The first-order chi connectivity index (χ1) is 9.19. The molecule has 0 saturated carbocycles. The number of rotatable bonds is 6. The van der Waals surface area contributed by atoms with Gasteiger partial charge in [-0.05, 0) is 72.8 Å². The average molecular weight is 330 g/mol. The van der Waals surface area contributed by atoms with E-state index in [1.54, 1.807) is 0 Å². The molecule has 0 spiro atoms. The lowest BCUT2D eigenvalue weighted by atomic mass is 9.99. The SMILES string of the molecule is CNC(CCC1CCCO1)Cc1ccc(F)c(Br)c1. The van der Waals surface area contributed by atoms with Crippen LogP contribution in [0.2, 0.25) is 0 Å². The Kier molecular flexibility index (Phi) is 5.79. The first-order valence-corrected chi connectivity index (χ1v) is 7.71. The fraction of sp³-hybridized carbons (Fsp3) is 0.600.